The first-order valence-corrected chi connectivity index (χ1v) is 14.2. The summed E-state index contributed by atoms with van der Waals surface area (Å²) in [6.45, 7) is 2.97. The molecule has 0 saturated carbocycles. The SMILES string of the molecule is CCCC[C@@H](NC(=O)N[C@@H](CC(=O)[O-])c1ccc2c(c1)OCO2)C(=O)N(Cc1cccs1)Cc1cccs1.[Na+]. The van der Waals surface area contributed by atoms with Crippen LogP contribution < -0.4 is 54.8 Å². The molecule has 3 amide bonds. The molecule has 0 saturated heterocycles. The van der Waals surface area contributed by atoms with Crippen molar-refractivity contribution in [2.75, 3.05) is 6.79 Å². The summed E-state index contributed by atoms with van der Waals surface area (Å²) in [7, 11) is 0. The van der Waals surface area contributed by atoms with E-state index in [1.807, 2.05) is 41.9 Å². The van der Waals surface area contributed by atoms with Crippen molar-refractivity contribution in [1.29, 1.82) is 0 Å². The standard InChI is InChI=1S/C27H31N3O6S2.Na/c1-2-3-8-21(26(33)30(15-19-6-4-11-37-19)16-20-7-5-12-38-20)28-27(34)29-22(14-25(31)32)18-9-10-23-24(13-18)36-17-35-23;/h4-7,9-13,21-22H,2-3,8,14-17H2,1H3,(H,31,32)(H2,28,29,34);/q;+1/p-1/t21-,22+;/m1./s1. The van der Waals surface area contributed by atoms with E-state index in [9.17, 15) is 19.5 Å². The number of benzene rings is 1. The molecule has 0 spiro atoms. The summed E-state index contributed by atoms with van der Waals surface area (Å²) >= 11 is 3.15. The van der Waals surface area contributed by atoms with Crippen LogP contribution in [0.5, 0.6) is 11.5 Å². The van der Waals surface area contributed by atoms with Crippen LogP contribution in [0, 0.1) is 0 Å². The molecule has 2 aromatic heterocycles. The van der Waals surface area contributed by atoms with Gasteiger partial charge in [0.05, 0.1) is 19.1 Å². The number of carbonyl (C=O) groups is 3. The van der Waals surface area contributed by atoms with Gasteiger partial charge in [-0.15, -0.1) is 22.7 Å². The third-order valence-corrected chi connectivity index (χ3v) is 7.81. The van der Waals surface area contributed by atoms with Crippen LogP contribution in [-0.2, 0) is 22.7 Å². The molecule has 4 rings (SSSR count). The number of aliphatic carboxylic acids is 1. The Morgan fingerprint density at radius 2 is 1.67 bits per heavy atom. The number of hydrogen-bond acceptors (Lipinski definition) is 8. The van der Waals surface area contributed by atoms with Gasteiger partial charge in [0.1, 0.15) is 6.04 Å². The monoisotopic (exact) mass is 579 g/mol. The number of thiophene rings is 2. The maximum Gasteiger partial charge on any atom is 1.00 e. The summed E-state index contributed by atoms with van der Waals surface area (Å²) in [6.07, 6.45) is 1.62. The molecule has 12 heteroatoms. The maximum absolute atomic E-state index is 13.8. The molecule has 202 valence electrons. The Bertz CT molecular complexity index is 1190. The zero-order valence-corrected chi connectivity index (χ0v) is 25.6. The smallest absolute Gasteiger partial charge is 0.550 e. The van der Waals surface area contributed by atoms with Crippen molar-refractivity contribution in [2.45, 2.75) is 57.8 Å². The van der Waals surface area contributed by atoms with Crippen LogP contribution in [0.2, 0.25) is 0 Å². The van der Waals surface area contributed by atoms with Gasteiger partial charge in [-0.05, 0) is 47.0 Å². The van der Waals surface area contributed by atoms with Gasteiger partial charge in [-0.1, -0.05) is 38.0 Å². The van der Waals surface area contributed by atoms with E-state index in [-0.39, 0.29) is 42.3 Å². The quantitative estimate of drug-likeness (QED) is 0.289. The molecule has 0 unspecified atom stereocenters. The third-order valence-electron chi connectivity index (χ3n) is 6.09. The van der Waals surface area contributed by atoms with Crippen LogP contribution in [0.15, 0.2) is 53.2 Å². The summed E-state index contributed by atoms with van der Waals surface area (Å²) in [4.78, 5) is 42.2. The fourth-order valence-electron chi connectivity index (χ4n) is 4.19. The minimum absolute atomic E-state index is 0. The molecule has 2 N–H and O–H groups in total. The maximum atomic E-state index is 13.8. The number of amides is 3. The summed E-state index contributed by atoms with van der Waals surface area (Å²) in [5, 5.41) is 20.9. The number of nitrogens with one attached hydrogen (secondary N) is 2. The van der Waals surface area contributed by atoms with Crippen molar-refractivity contribution in [3.05, 3.63) is 68.5 Å². The minimum atomic E-state index is -1.32. The van der Waals surface area contributed by atoms with Gasteiger partial charge in [-0.25, -0.2) is 4.79 Å². The molecule has 1 aliphatic heterocycles. The van der Waals surface area contributed by atoms with Crippen LogP contribution in [0.4, 0.5) is 4.79 Å². The van der Waals surface area contributed by atoms with Crippen LogP contribution >= 0.6 is 22.7 Å². The van der Waals surface area contributed by atoms with Gasteiger partial charge in [0.15, 0.2) is 11.5 Å². The number of urea groups is 1. The van der Waals surface area contributed by atoms with Crippen LogP contribution in [-0.4, -0.2) is 35.6 Å². The average molecular weight is 580 g/mol. The summed E-state index contributed by atoms with van der Waals surface area (Å²) in [6, 6.07) is 10.6. The molecule has 0 bridgehead atoms. The average Bonchev–Trinajstić information content (AvgIpc) is 3.68. The number of ether oxygens (including phenoxy) is 2. The van der Waals surface area contributed by atoms with Gasteiger partial charge in [-0.2, -0.15) is 0 Å². The summed E-state index contributed by atoms with van der Waals surface area (Å²) < 4.78 is 10.7. The predicted octanol–water partition coefficient (Wildman–Crippen LogP) is 0.810. The van der Waals surface area contributed by atoms with Crippen molar-refractivity contribution in [3.63, 3.8) is 0 Å². The van der Waals surface area contributed by atoms with Gasteiger partial charge in [-0.3, -0.25) is 4.79 Å². The summed E-state index contributed by atoms with van der Waals surface area (Å²) in [5.74, 6) is -0.478. The second-order valence-corrected chi connectivity index (χ2v) is 11.0. The minimum Gasteiger partial charge on any atom is -0.550 e. The topological polar surface area (TPSA) is 120 Å². The number of hydrogen-bond donors (Lipinski definition) is 2. The van der Waals surface area contributed by atoms with Gasteiger partial charge in [0.2, 0.25) is 12.7 Å². The van der Waals surface area contributed by atoms with E-state index >= 15 is 0 Å². The number of carboxylic acids is 1. The van der Waals surface area contributed by atoms with E-state index in [4.69, 9.17) is 9.47 Å². The molecule has 1 aliphatic rings. The molecular formula is C27H30N3NaO6S2. The first-order chi connectivity index (χ1) is 18.4. The van der Waals surface area contributed by atoms with Gasteiger partial charge in [0.25, 0.3) is 0 Å². The zero-order chi connectivity index (χ0) is 26.9. The molecule has 0 aliphatic carbocycles. The predicted molar refractivity (Wildman–Crippen MR) is 143 cm³/mol. The Kier molecular flexibility index (Phi) is 12.1. The first kappa shape index (κ1) is 31.0. The molecule has 0 radical (unpaired) electrons. The van der Waals surface area contributed by atoms with Crippen molar-refractivity contribution in [2.24, 2.45) is 0 Å². The van der Waals surface area contributed by atoms with E-state index in [0.29, 0.717) is 36.6 Å². The fraction of sp³-hybridized carbons (Fsp3) is 0.370. The molecule has 0 fully saturated rings. The first-order valence-electron chi connectivity index (χ1n) is 12.4. The number of rotatable bonds is 13. The fourth-order valence-corrected chi connectivity index (χ4v) is 5.62. The zero-order valence-electron chi connectivity index (χ0n) is 22.0. The molecular weight excluding hydrogens is 549 g/mol. The largest absolute Gasteiger partial charge is 1.00 e. The summed E-state index contributed by atoms with van der Waals surface area (Å²) in [5.41, 5.74) is 0.530. The second kappa shape index (κ2) is 15.3. The number of fused-ring (bicyclic) bond motifs is 1. The third kappa shape index (κ3) is 8.97. The van der Waals surface area contributed by atoms with Crippen LogP contribution in [0.25, 0.3) is 0 Å². The Hall–Kier alpha value is -2.57. The van der Waals surface area contributed by atoms with Crippen molar-refractivity contribution in [1.82, 2.24) is 15.5 Å². The van der Waals surface area contributed by atoms with Crippen LogP contribution in [0.1, 0.15) is 54.0 Å². The van der Waals surface area contributed by atoms with Gasteiger partial charge in [0, 0.05) is 22.1 Å². The molecule has 39 heavy (non-hydrogen) atoms. The molecule has 1 aromatic carbocycles. The van der Waals surface area contributed by atoms with Crippen molar-refractivity contribution < 1.29 is 58.5 Å². The number of carboxylic acid groups (broad SMARTS) is 1. The molecule has 9 nitrogen and oxygen atoms in total. The Morgan fingerprint density at radius 3 is 2.26 bits per heavy atom. The normalized spacial score (nSPS) is 13.2. The number of carbonyl (C=O) groups excluding carboxylic acids is 3. The van der Waals surface area contributed by atoms with Gasteiger partial charge < -0.3 is 34.9 Å². The van der Waals surface area contributed by atoms with Crippen LogP contribution in [0.3, 0.4) is 0 Å². The van der Waals surface area contributed by atoms with E-state index in [1.54, 1.807) is 45.8 Å². The van der Waals surface area contributed by atoms with Gasteiger partial charge >= 0.3 is 35.6 Å². The van der Waals surface area contributed by atoms with E-state index in [2.05, 4.69) is 10.6 Å². The number of nitrogens with zero attached hydrogens (tertiary/aromatic N) is 1. The van der Waals surface area contributed by atoms with Crippen molar-refractivity contribution in [3.8, 4) is 11.5 Å². The van der Waals surface area contributed by atoms with Crippen molar-refractivity contribution >= 4 is 40.6 Å². The van der Waals surface area contributed by atoms with E-state index < -0.39 is 30.5 Å². The Morgan fingerprint density at radius 1 is 1.00 bits per heavy atom. The Labute approximate surface area is 257 Å². The van der Waals surface area contributed by atoms with E-state index in [0.717, 1.165) is 22.6 Å². The molecule has 3 heterocycles. The second-order valence-electron chi connectivity index (χ2n) is 8.91. The Balaban J connectivity index is 0.00000420. The van der Waals surface area contributed by atoms with E-state index in [1.165, 1.54) is 0 Å². The molecule has 2 atom stereocenters. The molecule has 3 aromatic rings. The number of unbranched alkanes of at least 4 members (excludes halogenated alkanes) is 1.